The largest absolute Gasteiger partial charge is 0.468 e. The fourth-order valence-corrected chi connectivity index (χ4v) is 5.05. The highest BCUT2D eigenvalue weighted by molar-refractivity contribution is 7.89. The van der Waals surface area contributed by atoms with Gasteiger partial charge >= 0.3 is 0 Å². The predicted molar refractivity (Wildman–Crippen MR) is 85.3 cm³/mol. The molecule has 120 valence electrons. The zero-order valence-corrected chi connectivity index (χ0v) is 13.3. The molecule has 6 nitrogen and oxygen atoms in total. The van der Waals surface area contributed by atoms with Crippen molar-refractivity contribution in [3.8, 4) is 0 Å². The quantitative estimate of drug-likeness (QED) is 0.800. The van der Waals surface area contributed by atoms with Gasteiger partial charge < -0.3 is 9.40 Å². The fraction of sp³-hybridized carbons (Fsp3) is 0.312. The van der Waals surface area contributed by atoms with Crippen LogP contribution in [0.2, 0.25) is 0 Å². The summed E-state index contributed by atoms with van der Waals surface area (Å²) in [7, 11) is -3.62. The van der Waals surface area contributed by atoms with E-state index in [4.69, 9.17) is 4.42 Å². The third-order valence-electron chi connectivity index (χ3n) is 4.33. The van der Waals surface area contributed by atoms with Crippen molar-refractivity contribution in [3.63, 3.8) is 0 Å². The van der Waals surface area contributed by atoms with Gasteiger partial charge in [-0.15, -0.1) is 0 Å². The number of sulfonamides is 1. The molecule has 0 radical (unpaired) electrons. The Kier molecular flexibility index (Phi) is 3.46. The summed E-state index contributed by atoms with van der Waals surface area (Å²) < 4.78 is 33.4. The summed E-state index contributed by atoms with van der Waals surface area (Å²) in [5, 5.41) is 0.622. The van der Waals surface area contributed by atoms with E-state index in [0.717, 1.165) is 19.3 Å². The lowest BCUT2D eigenvalue weighted by Crippen LogP contribution is -2.38. The number of rotatable bonds is 3. The van der Waals surface area contributed by atoms with Crippen LogP contribution in [0.3, 0.4) is 0 Å². The smallest absolute Gasteiger partial charge is 0.245 e. The molecule has 4 heterocycles. The number of nitrogens with zero attached hydrogens (tertiary/aromatic N) is 2. The van der Waals surface area contributed by atoms with E-state index in [-0.39, 0.29) is 10.9 Å². The first-order valence-electron chi connectivity index (χ1n) is 7.65. The number of aromatic nitrogens is 2. The third-order valence-corrected chi connectivity index (χ3v) is 6.27. The monoisotopic (exact) mass is 331 g/mol. The molecule has 7 heteroatoms. The van der Waals surface area contributed by atoms with Gasteiger partial charge in [-0.1, -0.05) is 6.42 Å². The van der Waals surface area contributed by atoms with Crippen LogP contribution >= 0.6 is 0 Å². The van der Waals surface area contributed by atoms with E-state index in [2.05, 4.69) is 9.97 Å². The zero-order chi connectivity index (χ0) is 15.9. The Hall–Kier alpha value is -2.12. The molecule has 23 heavy (non-hydrogen) atoms. The van der Waals surface area contributed by atoms with Crippen LogP contribution in [-0.4, -0.2) is 29.2 Å². The van der Waals surface area contributed by atoms with Crippen molar-refractivity contribution in [1.29, 1.82) is 0 Å². The van der Waals surface area contributed by atoms with Crippen molar-refractivity contribution in [2.45, 2.75) is 30.2 Å². The molecule has 0 aromatic carbocycles. The topological polar surface area (TPSA) is 79.2 Å². The van der Waals surface area contributed by atoms with Gasteiger partial charge in [0.25, 0.3) is 0 Å². The lowest BCUT2D eigenvalue weighted by molar-refractivity contribution is 0.226. The standard InChI is InChI=1S/C16H17N3O3S/c20-23(21,15-11-18-16-12(15)5-3-8-17-16)19-9-2-1-6-13(19)14-7-4-10-22-14/h3-5,7-8,10-11,13H,1-2,6,9H2,(H,17,18). The summed E-state index contributed by atoms with van der Waals surface area (Å²) in [5.74, 6) is 0.700. The Bertz CT molecular complexity index is 915. The number of hydrogen-bond acceptors (Lipinski definition) is 4. The van der Waals surface area contributed by atoms with Crippen molar-refractivity contribution in [2.24, 2.45) is 0 Å². The summed E-state index contributed by atoms with van der Waals surface area (Å²) in [6.07, 6.45) is 7.38. The van der Waals surface area contributed by atoms with Gasteiger partial charge in [0, 0.05) is 24.3 Å². The van der Waals surface area contributed by atoms with Gasteiger partial charge in [0.2, 0.25) is 10.0 Å². The second-order valence-corrected chi connectivity index (χ2v) is 7.55. The number of nitrogens with one attached hydrogen (secondary N) is 1. The third kappa shape index (κ3) is 2.36. The number of pyridine rings is 1. The van der Waals surface area contributed by atoms with Gasteiger partial charge in [-0.25, -0.2) is 13.4 Å². The molecule has 0 saturated carbocycles. The minimum Gasteiger partial charge on any atom is -0.468 e. The molecule has 0 amide bonds. The second-order valence-electron chi connectivity index (χ2n) is 5.70. The Morgan fingerprint density at radius 1 is 1.26 bits per heavy atom. The highest BCUT2D eigenvalue weighted by Gasteiger charge is 2.37. The minimum absolute atomic E-state index is 0.245. The molecule has 1 fully saturated rings. The first-order chi connectivity index (χ1) is 11.2. The molecule has 3 aromatic rings. The van der Waals surface area contributed by atoms with Gasteiger partial charge in [0.05, 0.1) is 12.3 Å². The molecular weight excluding hydrogens is 314 g/mol. The van der Waals surface area contributed by atoms with Crippen molar-refractivity contribution in [2.75, 3.05) is 6.54 Å². The summed E-state index contributed by atoms with van der Waals surface area (Å²) in [4.78, 5) is 7.39. The minimum atomic E-state index is -3.62. The number of H-pyrrole nitrogens is 1. The van der Waals surface area contributed by atoms with Crippen LogP contribution in [0, 0.1) is 0 Å². The highest BCUT2D eigenvalue weighted by Crippen LogP contribution is 2.37. The lowest BCUT2D eigenvalue weighted by atomic mass is 10.0. The lowest BCUT2D eigenvalue weighted by Gasteiger charge is -2.33. The predicted octanol–water partition coefficient (Wildman–Crippen LogP) is 3.07. The maximum Gasteiger partial charge on any atom is 0.245 e. The summed E-state index contributed by atoms with van der Waals surface area (Å²) in [6, 6.07) is 6.91. The molecule has 0 spiro atoms. The molecule has 1 unspecified atom stereocenters. The van der Waals surface area contributed by atoms with E-state index in [9.17, 15) is 8.42 Å². The maximum absolute atomic E-state index is 13.2. The molecule has 1 atom stereocenters. The second kappa shape index (κ2) is 5.50. The zero-order valence-electron chi connectivity index (χ0n) is 12.5. The normalized spacial score (nSPS) is 20.1. The van der Waals surface area contributed by atoms with Crippen LogP contribution < -0.4 is 0 Å². The van der Waals surface area contributed by atoms with Gasteiger partial charge in [-0.2, -0.15) is 4.31 Å². The number of piperidine rings is 1. The molecule has 1 aliphatic rings. The van der Waals surface area contributed by atoms with Crippen LogP contribution in [0.1, 0.15) is 31.1 Å². The van der Waals surface area contributed by atoms with Gasteiger partial charge in [-0.3, -0.25) is 0 Å². The number of fused-ring (bicyclic) bond motifs is 1. The molecule has 0 aliphatic carbocycles. The van der Waals surface area contributed by atoms with Crippen molar-refractivity contribution >= 4 is 21.1 Å². The van der Waals surface area contributed by atoms with E-state index in [1.54, 1.807) is 35.0 Å². The van der Waals surface area contributed by atoms with Crippen LogP contribution in [0.15, 0.2) is 52.2 Å². The molecule has 4 rings (SSSR count). The summed E-state index contributed by atoms with van der Waals surface area (Å²) in [5.41, 5.74) is 0.581. The van der Waals surface area contributed by atoms with Crippen LogP contribution in [0.4, 0.5) is 0 Å². The number of hydrogen-bond donors (Lipinski definition) is 1. The first-order valence-corrected chi connectivity index (χ1v) is 9.09. The summed E-state index contributed by atoms with van der Waals surface area (Å²) >= 11 is 0. The first kappa shape index (κ1) is 14.5. The van der Waals surface area contributed by atoms with E-state index in [1.807, 2.05) is 6.07 Å². The molecular formula is C16H17N3O3S. The van der Waals surface area contributed by atoms with E-state index < -0.39 is 10.0 Å². The SMILES string of the molecule is O=S(=O)(c1c[nH]c2ncccc12)N1CCCCC1c1ccco1. The molecule has 1 aliphatic heterocycles. The average Bonchev–Trinajstić information content (AvgIpc) is 3.24. The van der Waals surface area contributed by atoms with Gasteiger partial charge in [0.1, 0.15) is 16.3 Å². The average molecular weight is 331 g/mol. The maximum atomic E-state index is 13.2. The Balaban J connectivity index is 1.80. The van der Waals surface area contributed by atoms with Crippen LogP contribution in [0.25, 0.3) is 11.0 Å². The van der Waals surface area contributed by atoms with Crippen LogP contribution in [0.5, 0.6) is 0 Å². The summed E-state index contributed by atoms with van der Waals surface area (Å²) in [6.45, 7) is 0.501. The number of furan rings is 1. The van der Waals surface area contributed by atoms with Gasteiger partial charge in [0.15, 0.2) is 0 Å². The Morgan fingerprint density at radius 2 is 2.17 bits per heavy atom. The Labute approximate surface area is 134 Å². The Morgan fingerprint density at radius 3 is 3.00 bits per heavy atom. The van der Waals surface area contributed by atoms with Crippen molar-refractivity contribution in [3.05, 3.63) is 48.7 Å². The van der Waals surface area contributed by atoms with Crippen molar-refractivity contribution in [1.82, 2.24) is 14.3 Å². The molecule has 1 N–H and O–H groups in total. The van der Waals surface area contributed by atoms with Crippen molar-refractivity contribution < 1.29 is 12.8 Å². The molecule has 0 bridgehead atoms. The van der Waals surface area contributed by atoms with Gasteiger partial charge in [-0.05, 0) is 37.1 Å². The highest BCUT2D eigenvalue weighted by atomic mass is 32.2. The van der Waals surface area contributed by atoms with Crippen LogP contribution in [-0.2, 0) is 10.0 Å². The molecule has 1 saturated heterocycles. The van der Waals surface area contributed by atoms with E-state index in [1.165, 1.54) is 6.20 Å². The fourth-order valence-electron chi connectivity index (χ4n) is 3.23. The van der Waals surface area contributed by atoms with E-state index >= 15 is 0 Å². The van der Waals surface area contributed by atoms with E-state index in [0.29, 0.717) is 23.3 Å². The number of aromatic amines is 1. The molecule has 3 aromatic heterocycles.